The predicted octanol–water partition coefficient (Wildman–Crippen LogP) is 3.12. The Kier molecular flexibility index (Phi) is 5.84. The minimum atomic E-state index is 0.632. The number of rotatable bonds is 6. The van der Waals surface area contributed by atoms with Gasteiger partial charge >= 0.3 is 0 Å². The van der Waals surface area contributed by atoms with Gasteiger partial charge in [-0.25, -0.2) is 4.99 Å². The van der Waals surface area contributed by atoms with Gasteiger partial charge in [0, 0.05) is 48.5 Å². The molecule has 0 spiro atoms. The monoisotopic (exact) mass is 366 g/mol. The molecule has 3 rings (SSSR count). The molecule has 0 aliphatic carbocycles. The molecule has 0 aliphatic rings. The van der Waals surface area contributed by atoms with Crippen molar-refractivity contribution >= 4 is 16.9 Å². The van der Waals surface area contributed by atoms with E-state index in [0.29, 0.717) is 6.54 Å². The van der Waals surface area contributed by atoms with E-state index in [1.165, 1.54) is 33.3 Å². The summed E-state index contributed by atoms with van der Waals surface area (Å²) in [6.45, 7) is 10.6. The average molecular weight is 367 g/mol. The van der Waals surface area contributed by atoms with Crippen molar-refractivity contribution in [2.24, 2.45) is 12.0 Å². The number of nitrogens with zero attached hydrogens (tertiary/aromatic N) is 3. The quantitative estimate of drug-likeness (QED) is 0.464. The van der Waals surface area contributed by atoms with Crippen molar-refractivity contribution in [2.75, 3.05) is 13.1 Å². The Bertz CT molecular complexity index is 947. The molecular weight excluding hydrogens is 336 g/mol. The van der Waals surface area contributed by atoms with E-state index in [1.807, 2.05) is 18.7 Å². The van der Waals surface area contributed by atoms with Gasteiger partial charge in [0.15, 0.2) is 5.96 Å². The molecule has 0 amide bonds. The van der Waals surface area contributed by atoms with Crippen LogP contribution < -0.4 is 10.6 Å². The molecule has 2 aromatic heterocycles. The lowest BCUT2D eigenvalue weighted by atomic mass is 10.1. The van der Waals surface area contributed by atoms with Crippen LogP contribution in [0.4, 0.5) is 0 Å². The van der Waals surface area contributed by atoms with Gasteiger partial charge in [0.05, 0.1) is 12.2 Å². The van der Waals surface area contributed by atoms with E-state index in [2.05, 4.69) is 65.9 Å². The minimum Gasteiger partial charge on any atom is -0.361 e. The summed E-state index contributed by atoms with van der Waals surface area (Å²) in [5.74, 6) is 0.844. The average Bonchev–Trinajstić information content (AvgIpc) is 3.15. The Labute approximate surface area is 161 Å². The highest BCUT2D eigenvalue weighted by Crippen LogP contribution is 2.21. The van der Waals surface area contributed by atoms with Crippen LogP contribution in [0.1, 0.15) is 35.0 Å². The van der Waals surface area contributed by atoms with Crippen LogP contribution in [0.5, 0.6) is 0 Å². The van der Waals surface area contributed by atoms with Crippen molar-refractivity contribution < 1.29 is 0 Å². The number of H-pyrrole nitrogens is 1. The zero-order chi connectivity index (χ0) is 19.4. The standard InChI is InChI=1S/C21H30N6/c1-6-22-21(25-13-19-15(3)26-27(5)16(19)4)23-11-10-17-12-24-20-14(2)8-7-9-18(17)20/h7-9,12,24H,6,10-11,13H2,1-5H3,(H2,22,23,25). The van der Waals surface area contributed by atoms with Crippen molar-refractivity contribution in [1.29, 1.82) is 0 Å². The number of para-hydroxylation sites is 1. The largest absolute Gasteiger partial charge is 0.361 e. The van der Waals surface area contributed by atoms with E-state index in [1.54, 1.807) is 0 Å². The van der Waals surface area contributed by atoms with Gasteiger partial charge in [-0.15, -0.1) is 0 Å². The molecule has 3 N–H and O–H groups in total. The van der Waals surface area contributed by atoms with Crippen LogP contribution in [0.15, 0.2) is 29.4 Å². The van der Waals surface area contributed by atoms with Crippen molar-refractivity contribution in [3.8, 4) is 0 Å². The fourth-order valence-corrected chi connectivity index (χ4v) is 3.43. The predicted molar refractivity (Wildman–Crippen MR) is 112 cm³/mol. The highest BCUT2D eigenvalue weighted by Gasteiger charge is 2.09. The smallest absolute Gasteiger partial charge is 0.191 e. The molecule has 0 saturated heterocycles. The minimum absolute atomic E-state index is 0.632. The normalized spacial score (nSPS) is 12.0. The molecule has 0 bridgehead atoms. The number of hydrogen-bond acceptors (Lipinski definition) is 2. The molecule has 3 aromatic rings. The molecule has 1 aromatic carbocycles. The third-order valence-corrected chi connectivity index (χ3v) is 5.09. The Hall–Kier alpha value is -2.76. The van der Waals surface area contributed by atoms with Crippen LogP contribution in [0.3, 0.4) is 0 Å². The SMILES string of the molecule is CCNC(=NCc1c(C)nn(C)c1C)NCCc1c[nH]c2c(C)cccc12. The van der Waals surface area contributed by atoms with E-state index in [9.17, 15) is 0 Å². The summed E-state index contributed by atoms with van der Waals surface area (Å²) in [5, 5.41) is 12.6. The second-order valence-electron chi connectivity index (χ2n) is 6.96. The molecule has 0 unspecified atom stereocenters. The number of hydrogen-bond donors (Lipinski definition) is 3. The molecular formula is C21H30N6. The van der Waals surface area contributed by atoms with Gasteiger partial charge < -0.3 is 15.6 Å². The summed E-state index contributed by atoms with van der Waals surface area (Å²) in [6, 6.07) is 6.44. The zero-order valence-corrected chi connectivity index (χ0v) is 17.0. The number of aromatic nitrogens is 3. The summed E-state index contributed by atoms with van der Waals surface area (Å²) < 4.78 is 1.92. The lowest BCUT2D eigenvalue weighted by Crippen LogP contribution is -2.38. The Balaban J connectivity index is 1.65. The first kappa shape index (κ1) is 19.0. The van der Waals surface area contributed by atoms with Gasteiger partial charge in [0.25, 0.3) is 0 Å². The zero-order valence-electron chi connectivity index (χ0n) is 17.0. The second-order valence-corrected chi connectivity index (χ2v) is 6.96. The Morgan fingerprint density at radius 1 is 1.22 bits per heavy atom. The molecule has 0 radical (unpaired) electrons. The Morgan fingerprint density at radius 2 is 2.04 bits per heavy atom. The molecule has 0 fully saturated rings. The fourth-order valence-electron chi connectivity index (χ4n) is 3.43. The first-order valence-electron chi connectivity index (χ1n) is 9.58. The van der Waals surface area contributed by atoms with Crippen LogP contribution in [0, 0.1) is 20.8 Å². The highest BCUT2D eigenvalue weighted by atomic mass is 15.3. The van der Waals surface area contributed by atoms with Gasteiger partial charge in [-0.1, -0.05) is 18.2 Å². The summed E-state index contributed by atoms with van der Waals surface area (Å²) in [5.41, 5.74) is 7.25. The van der Waals surface area contributed by atoms with Crippen LogP contribution in [-0.2, 0) is 20.0 Å². The highest BCUT2D eigenvalue weighted by molar-refractivity contribution is 5.86. The maximum Gasteiger partial charge on any atom is 0.191 e. The van der Waals surface area contributed by atoms with E-state index in [4.69, 9.17) is 4.99 Å². The molecule has 27 heavy (non-hydrogen) atoms. The maximum absolute atomic E-state index is 4.75. The fraction of sp³-hybridized carbons (Fsp3) is 0.429. The maximum atomic E-state index is 4.75. The van der Waals surface area contributed by atoms with E-state index in [-0.39, 0.29) is 0 Å². The van der Waals surface area contributed by atoms with Crippen LogP contribution >= 0.6 is 0 Å². The molecule has 0 atom stereocenters. The molecule has 2 heterocycles. The molecule has 6 nitrogen and oxygen atoms in total. The van der Waals surface area contributed by atoms with Gasteiger partial charge in [-0.05, 0) is 45.2 Å². The summed E-state index contributed by atoms with van der Waals surface area (Å²) >= 11 is 0. The third kappa shape index (κ3) is 4.15. The van der Waals surface area contributed by atoms with Crippen LogP contribution in [-0.4, -0.2) is 33.8 Å². The molecule has 6 heteroatoms. The van der Waals surface area contributed by atoms with Gasteiger partial charge in [0.1, 0.15) is 0 Å². The number of nitrogens with one attached hydrogen (secondary N) is 3. The summed E-state index contributed by atoms with van der Waals surface area (Å²) in [7, 11) is 1.97. The first-order valence-corrected chi connectivity index (χ1v) is 9.58. The van der Waals surface area contributed by atoms with Crippen LogP contribution in [0.2, 0.25) is 0 Å². The van der Waals surface area contributed by atoms with E-state index in [0.717, 1.165) is 31.2 Å². The van der Waals surface area contributed by atoms with E-state index >= 15 is 0 Å². The van der Waals surface area contributed by atoms with Crippen molar-refractivity contribution in [1.82, 2.24) is 25.4 Å². The van der Waals surface area contributed by atoms with Crippen molar-refractivity contribution in [3.63, 3.8) is 0 Å². The van der Waals surface area contributed by atoms with Gasteiger partial charge in [-0.2, -0.15) is 5.10 Å². The first-order chi connectivity index (χ1) is 13.0. The number of aliphatic imine (C=N–C) groups is 1. The molecule has 144 valence electrons. The molecule has 0 aliphatic heterocycles. The van der Waals surface area contributed by atoms with E-state index < -0.39 is 0 Å². The number of fused-ring (bicyclic) bond motifs is 1. The summed E-state index contributed by atoms with van der Waals surface area (Å²) in [6.07, 6.45) is 3.06. The lowest BCUT2D eigenvalue weighted by Gasteiger charge is -2.11. The van der Waals surface area contributed by atoms with Crippen molar-refractivity contribution in [3.05, 3.63) is 52.5 Å². The van der Waals surface area contributed by atoms with Crippen LogP contribution in [0.25, 0.3) is 10.9 Å². The number of benzene rings is 1. The summed E-state index contributed by atoms with van der Waals surface area (Å²) in [4.78, 5) is 8.15. The Morgan fingerprint density at radius 3 is 2.74 bits per heavy atom. The number of guanidine groups is 1. The number of aryl methyl sites for hydroxylation is 3. The number of aromatic amines is 1. The topological polar surface area (TPSA) is 70.0 Å². The second kappa shape index (κ2) is 8.29. The van der Waals surface area contributed by atoms with Crippen molar-refractivity contribution in [2.45, 2.75) is 40.7 Å². The van der Waals surface area contributed by atoms with Gasteiger partial charge in [0.2, 0.25) is 0 Å². The molecule has 0 saturated carbocycles. The lowest BCUT2D eigenvalue weighted by molar-refractivity contribution is 0.730. The third-order valence-electron chi connectivity index (χ3n) is 5.09. The van der Waals surface area contributed by atoms with Gasteiger partial charge in [-0.3, -0.25) is 4.68 Å².